The molecule has 24 heavy (non-hydrogen) atoms. The minimum Gasteiger partial charge on any atom is -0.454 e. The molecule has 5 heteroatoms. The van der Waals surface area contributed by atoms with E-state index in [9.17, 15) is 0 Å². The van der Waals surface area contributed by atoms with Gasteiger partial charge in [-0.3, -0.25) is 4.98 Å². The van der Waals surface area contributed by atoms with Gasteiger partial charge in [0.05, 0.1) is 19.5 Å². The van der Waals surface area contributed by atoms with Crippen molar-refractivity contribution in [1.82, 2.24) is 15.0 Å². The number of nitrogens with zero attached hydrogens (tertiary/aromatic N) is 4. The van der Waals surface area contributed by atoms with Crippen LogP contribution in [0.5, 0.6) is 11.5 Å². The first kappa shape index (κ1) is 14.3. The van der Waals surface area contributed by atoms with Crippen molar-refractivity contribution in [1.29, 1.82) is 5.26 Å². The standard InChI is InChI=1S/C19H16N4O/c1-19(2,17-5-3-4-10-21-17)14-6-8-15(9-7-14)24-16-12-22-18(11-20)23-13-16/h3-10,12-13H,1-2H3/i4D. The molecule has 0 unspecified atom stereocenters. The van der Waals surface area contributed by atoms with Crippen LogP contribution in [0.4, 0.5) is 0 Å². The summed E-state index contributed by atoms with van der Waals surface area (Å²) < 4.78 is 13.2. The van der Waals surface area contributed by atoms with E-state index in [1.54, 1.807) is 12.3 Å². The van der Waals surface area contributed by atoms with Gasteiger partial charge in [0.2, 0.25) is 5.82 Å². The fraction of sp³-hybridized carbons (Fsp3) is 0.158. The van der Waals surface area contributed by atoms with Gasteiger partial charge in [-0.05, 0) is 29.8 Å². The number of pyridine rings is 1. The molecule has 0 aliphatic rings. The Bertz CT molecular complexity index is 898. The van der Waals surface area contributed by atoms with Gasteiger partial charge in [-0.2, -0.15) is 5.26 Å². The van der Waals surface area contributed by atoms with Crippen LogP contribution < -0.4 is 4.74 Å². The second-order valence-electron chi connectivity index (χ2n) is 5.75. The molecule has 0 amide bonds. The van der Waals surface area contributed by atoms with Crippen molar-refractivity contribution in [2.24, 2.45) is 0 Å². The van der Waals surface area contributed by atoms with E-state index in [1.807, 2.05) is 36.4 Å². The molecule has 0 atom stereocenters. The highest BCUT2D eigenvalue weighted by molar-refractivity contribution is 5.38. The summed E-state index contributed by atoms with van der Waals surface area (Å²) in [5.41, 5.74) is 1.70. The summed E-state index contributed by atoms with van der Waals surface area (Å²) >= 11 is 0. The average Bonchev–Trinajstić information content (AvgIpc) is 2.63. The van der Waals surface area contributed by atoms with E-state index < -0.39 is 0 Å². The van der Waals surface area contributed by atoms with Gasteiger partial charge in [0.1, 0.15) is 11.8 Å². The number of ether oxygens (including phenoxy) is 1. The minimum atomic E-state index is -0.288. The molecular formula is C19H16N4O. The van der Waals surface area contributed by atoms with E-state index in [2.05, 4.69) is 28.8 Å². The minimum absolute atomic E-state index is 0.107. The number of aromatic nitrogens is 3. The maximum Gasteiger partial charge on any atom is 0.232 e. The van der Waals surface area contributed by atoms with Crippen LogP contribution in [0.1, 0.15) is 32.3 Å². The molecule has 3 rings (SSSR count). The van der Waals surface area contributed by atoms with E-state index in [1.165, 1.54) is 12.4 Å². The molecule has 0 aliphatic heterocycles. The van der Waals surface area contributed by atoms with Gasteiger partial charge < -0.3 is 4.74 Å². The highest BCUT2D eigenvalue weighted by Gasteiger charge is 2.24. The lowest BCUT2D eigenvalue weighted by molar-refractivity contribution is 0.476. The van der Waals surface area contributed by atoms with E-state index in [0.717, 1.165) is 11.3 Å². The molecule has 0 saturated heterocycles. The Morgan fingerprint density at radius 1 is 1.04 bits per heavy atom. The Balaban J connectivity index is 1.79. The summed E-state index contributed by atoms with van der Waals surface area (Å²) in [5.74, 6) is 1.23. The summed E-state index contributed by atoms with van der Waals surface area (Å²) in [6, 6.07) is 13.6. The van der Waals surface area contributed by atoms with Crippen molar-refractivity contribution in [2.75, 3.05) is 0 Å². The zero-order valence-corrected chi connectivity index (χ0v) is 13.4. The van der Waals surface area contributed by atoms with Crippen LogP contribution in [-0.4, -0.2) is 15.0 Å². The van der Waals surface area contributed by atoms with Crippen LogP contribution in [0.2, 0.25) is 0 Å². The van der Waals surface area contributed by atoms with Gasteiger partial charge in [0.15, 0.2) is 5.75 Å². The molecule has 0 spiro atoms. The molecule has 0 bridgehead atoms. The average molecular weight is 317 g/mol. The van der Waals surface area contributed by atoms with Crippen molar-refractivity contribution >= 4 is 0 Å². The molecule has 3 aromatic rings. The predicted octanol–water partition coefficient (Wildman–Crippen LogP) is 3.86. The Labute approximate surface area is 142 Å². The number of benzene rings is 1. The van der Waals surface area contributed by atoms with Crippen molar-refractivity contribution in [2.45, 2.75) is 19.3 Å². The normalized spacial score (nSPS) is 11.5. The first-order chi connectivity index (χ1) is 12.0. The third-order valence-electron chi connectivity index (χ3n) is 3.80. The molecule has 2 heterocycles. The Kier molecular flexibility index (Phi) is 3.86. The van der Waals surface area contributed by atoms with Crippen LogP contribution >= 0.6 is 0 Å². The van der Waals surface area contributed by atoms with E-state index >= 15 is 0 Å². The van der Waals surface area contributed by atoms with Crippen molar-refractivity contribution in [3.05, 3.63) is 78.1 Å². The Hall–Kier alpha value is -3.26. The third kappa shape index (κ3) is 3.23. The van der Waals surface area contributed by atoms with Gasteiger partial charge in [0.25, 0.3) is 0 Å². The molecule has 0 saturated carbocycles. The highest BCUT2D eigenvalue weighted by Crippen LogP contribution is 2.31. The summed E-state index contributed by atoms with van der Waals surface area (Å²) in [5, 5.41) is 8.70. The number of rotatable bonds is 4. The number of hydrogen-bond donors (Lipinski definition) is 0. The molecule has 0 radical (unpaired) electrons. The van der Waals surface area contributed by atoms with Gasteiger partial charge in [-0.15, -0.1) is 0 Å². The molecule has 0 N–H and O–H groups in total. The maximum absolute atomic E-state index is 8.70. The summed E-state index contributed by atoms with van der Waals surface area (Å²) in [6.07, 6.45) is 4.49. The lowest BCUT2D eigenvalue weighted by Gasteiger charge is -2.24. The van der Waals surface area contributed by atoms with E-state index in [4.69, 9.17) is 11.4 Å². The van der Waals surface area contributed by atoms with Crippen molar-refractivity contribution in [3.8, 4) is 17.6 Å². The van der Waals surface area contributed by atoms with E-state index in [0.29, 0.717) is 17.5 Å². The van der Waals surface area contributed by atoms with Crippen molar-refractivity contribution in [3.63, 3.8) is 0 Å². The lowest BCUT2D eigenvalue weighted by Crippen LogP contribution is -2.20. The molecule has 2 aromatic heterocycles. The fourth-order valence-electron chi connectivity index (χ4n) is 2.34. The summed E-state index contributed by atoms with van der Waals surface area (Å²) in [4.78, 5) is 12.1. The summed E-state index contributed by atoms with van der Waals surface area (Å²) in [6.45, 7) is 4.17. The van der Waals surface area contributed by atoms with Crippen LogP contribution in [0.15, 0.2) is 61.0 Å². The second kappa shape index (κ2) is 6.47. The first-order valence-corrected chi connectivity index (χ1v) is 7.43. The SMILES string of the molecule is [2H]c1ccc(C(C)(C)c2ccc(Oc3cnc(C#N)nc3)cc2)nc1. The smallest absolute Gasteiger partial charge is 0.232 e. The monoisotopic (exact) mass is 317 g/mol. The topological polar surface area (TPSA) is 71.7 Å². The highest BCUT2D eigenvalue weighted by atomic mass is 16.5. The van der Waals surface area contributed by atoms with Crippen LogP contribution in [-0.2, 0) is 5.41 Å². The van der Waals surface area contributed by atoms with E-state index in [-0.39, 0.29) is 11.2 Å². The predicted molar refractivity (Wildman–Crippen MR) is 89.6 cm³/mol. The molecular weight excluding hydrogens is 300 g/mol. The molecule has 118 valence electrons. The number of nitriles is 1. The molecule has 0 fully saturated rings. The summed E-state index contributed by atoms with van der Waals surface area (Å²) in [7, 11) is 0. The van der Waals surface area contributed by atoms with Crippen LogP contribution in [0, 0.1) is 11.3 Å². The Morgan fingerprint density at radius 2 is 1.75 bits per heavy atom. The molecule has 0 aliphatic carbocycles. The molecule has 5 nitrogen and oxygen atoms in total. The van der Waals surface area contributed by atoms with Crippen molar-refractivity contribution < 1.29 is 6.11 Å². The lowest BCUT2D eigenvalue weighted by atomic mass is 9.81. The zero-order valence-electron chi connectivity index (χ0n) is 14.4. The zero-order chi connectivity index (χ0) is 17.9. The molecule has 1 aromatic carbocycles. The largest absolute Gasteiger partial charge is 0.454 e. The first-order valence-electron chi connectivity index (χ1n) is 7.93. The quantitative estimate of drug-likeness (QED) is 0.730. The van der Waals surface area contributed by atoms with Crippen LogP contribution in [0.25, 0.3) is 0 Å². The van der Waals surface area contributed by atoms with Gasteiger partial charge in [-0.1, -0.05) is 32.0 Å². The van der Waals surface area contributed by atoms with Gasteiger partial charge in [0, 0.05) is 11.6 Å². The second-order valence-corrected chi connectivity index (χ2v) is 5.75. The maximum atomic E-state index is 8.70. The fourth-order valence-corrected chi connectivity index (χ4v) is 2.34. The van der Waals surface area contributed by atoms with Gasteiger partial charge in [-0.25, -0.2) is 9.97 Å². The van der Waals surface area contributed by atoms with Gasteiger partial charge >= 0.3 is 0 Å². The number of hydrogen-bond acceptors (Lipinski definition) is 5. The Morgan fingerprint density at radius 3 is 2.33 bits per heavy atom. The third-order valence-corrected chi connectivity index (χ3v) is 3.80. The van der Waals surface area contributed by atoms with Crippen LogP contribution in [0.3, 0.4) is 0 Å².